The average molecular weight is 297 g/mol. The van der Waals surface area contributed by atoms with Gasteiger partial charge in [0.1, 0.15) is 0 Å². The van der Waals surface area contributed by atoms with Crippen LogP contribution < -0.4 is 24.8 Å². The third-order valence-corrected chi connectivity index (χ3v) is 3.48. The Bertz CT molecular complexity index is 207. The fourth-order valence-electron chi connectivity index (χ4n) is 1.44. The summed E-state index contributed by atoms with van der Waals surface area (Å²) in [6.45, 7) is 4.51. The van der Waals surface area contributed by atoms with Gasteiger partial charge in [0.25, 0.3) is 0 Å². The van der Waals surface area contributed by atoms with Crippen LogP contribution in [-0.4, -0.2) is 0 Å². The van der Waals surface area contributed by atoms with E-state index in [0.717, 1.165) is 0 Å². The first-order chi connectivity index (χ1) is 5.25. The van der Waals surface area contributed by atoms with Gasteiger partial charge in [-0.3, -0.25) is 0 Å². The zero-order valence-corrected chi connectivity index (χ0v) is 12.1. The number of hydrogen-bond donors (Lipinski definition) is 0. The van der Waals surface area contributed by atoms with E-state index in [1.807, 2.05) is 0 Å². The maximum atomic E-state index is 2.37. The predicted octanol–water partition coefficient (Wildman–Crippen LogP) is -2.66. The van der Waals surface area contributed by atoms with Crippen LogP contribution in [-0.2, 0) is 24.7 Å². The second kappa shape index (κ2) is 8.27. The van der Waals surface area contributed by atoms with Crippen molar-refractivity contribution in [3.8, 4) is 0 Å². The molecule has 0 heterocycles. The van der Waals surface area contributed by atoms with Crippen molar-refractivity contribution < 1.29 is 49.5 Å². The summed E-state index contributed by atoms with van der Waals surface area (Å²) >= 11 is 1.62. The summed E-state index contributed by atoms with van der Waals surface area (Å²) in [6.07, 6.45) is 7.61. The van der Waals surface area contributed by atoms with Crippen LogP contribution in [0, 0.1) is 0 Å². The van der Waals surface area contributed by atoms with Crippen molar-refractivity contribution in [1.29, 1.82) is 0 Å². The van der Waals surface area contributed by atoms with Gasteiger partial charge >= 0.3 is 84.8 Å². The molecule has 0 bridgehead atoms. The van der Waals surface area contributed by atoms with E-state index in [2.05, 4.69) is 19.9 Å². The Kier molecular flexibility index (Phi) is 10.4. The number of unbranched alkanes of at least 4 members (excludes halogenated alkanes) is 1. The molecule has 0 aromatic heterocycles. The molecular weight excluding hydrogens is 282 g/mol. The van der Waals surface area contributed by atoms with Crippen molar-refractivity contribution in [2.45, 2.75) is 39.5 Å². The monoisotopic (exact) mass is 295 g/mol. The quantitative estimate of drug-likeness (QED) is 0.533. The molecule has 0 radical (unpaired) electrons. The molecular formula is C10H15Cl2Zr. The van der Waals surface area contributed by atoms with E-state index in [1.54, 1.807) is 39.1 Å². The summed E-state index contributed by atoms with van der Waals surface area (Å²) in [5.41, 5.74) is 3.22. The summed E-state index contributed by atoms with van der Waals surface area (Å²) in [4.78, 5) is 0. The molecule has 0 aromatic rings. The molecule has 0 spiro atoms. The Morgan fingerprint density at radius 1 is 1.38 bits per heavy atom. The van der Waals surface area contributed by atoms with Gasteiger partial charge in [-0.05, 0) is 0 Å². The number of allylic oxidation sites excluding steroid dienone is 4. The first kappa shape index (κ1) is 16.4. The van der Waals surface area contributed by atoms with Gasteiger partial charge < -0.3 is 24.8 Å². The Labute approximate surface area is 109 Å². The van der Waals surface area contributed by atoms with Crippen LogP contribution in [0.2, 0.25) is 0 Å². The number of rotatable bonds is 3. The number of halogens is 2. The molecule has 0 aromatic carbocycles. The van der Waals surface area contributed by atoms with Crippen molar-refractivity contribution in [2.24, 2.45) is 0 Å². The number of hydrogen-bond acceptors (Lipinski definition) is 0. The fourth-order valence-corrected chi connectivity index (χ4v) is 2.48. The molecule has 0 unspecified atom stereocenters. The molecule has 0 nitrogen and oxygen atoms in total. The normalized spacial score (nSPS) is 14.9. The summed E-state index contributed by atoms with van der Waals surface area (Å²) in [5, 5.41) is 0. The SMILES string of the molecule is CCCCC1=[C]([Zr+2])CC=C1C.[Cl-].[Cl-]. The Morgan fingerprint density at radius 3 is 2.38 bits per heavy atom. The van der Waals surface area contributed by atoms with E-state index in [9.17, 15) is 0 Å². The van der Waals surface area contributed by atoms with Crippen LogP contribution in [0.25, 0.3) is 0 Å². The van der Waals surface area contributed by atoms with E-state index in [0.29, 0.717) is 0 Å². The Hall–Kier alpha value is 0.943. The summed E-state index contributed by atoms with van der Waals surface area (Å²) in [5.74, 6) is 0. The smallest absolute Gasteiger partial charge is 1.00 e. The molecule has 0 fully saturated rings. The van der Waals surface area contributed by atoms with Gasteiger partial charge in [-0.1, -0.05) is 0 Å². The predicted molar refractivity (Wildman–Crippen MR) is 44.9 cm³/mol. The van der Waals surface area contributed by atoms with Crippen molar-refractivity contribution in [3.63, 3.8) is 0 Å². The van der Waals surface area contributed by atoms with Crippen LogP contribution >= 0.6 is 0 Å². The molecule has 0 N–H and O–H groups in total. The second-order valence-corrected chi connectivity index (χ2v) is 4.64. The third kappa shape index (κ3) is 4.81. The molecule has 73 valence electrons. The molecule has 0 aliphatic heterocycles. The zero-order valence-electron chi connectivity index (χ0n) is 8.16. The van der Waals surface area contributed by atoms with Crippen LogP contribution in [0.15, 0.2) is 20.5 Å². The molecule has 1 rings (SSSR count). The van der Waals surface area contributed by atoms with Gasteiger partial charge in [-0.25, -0.2) is 0 Å². The van der Waals surface area contributed by atoms with Crippen molar-refractivity contribution in [3.05, 3.63) is 20.5 Å². The van der Waals surface area contributed by atoms with E-state index in [1.165, 1.54) is 25.7 Å². The van der Waals surface area contributed by atoms with Crippen molar-refractivity contribution >= 4 is 0 Å². The topological polar surface area (TPSA) is 0 Å². The van der Waals surface area contributed by atoms with Crippen LogP contribution in [0.3, 0.4) is 0 Å². The van der Waals surface area contributed by atoms with Crippen molar-refractivity contribution in [1.82, 2.24) is 0 Å². The minimum absolute atomic E-state index is 0. The van der Waals surface area contributed by atoms with E-state index in [4.69, 9.17) is 0 Å². The fraction of sp³-hybridized carbons (Fsp3) is 0.600. The maximum absolute atomic E-state index is 2.37. The minimum atomic E-state index is 0. The zero-order chi connectivity index (χ0) is 8.27. The molecule has 13 heavy (non-hydrogen) atoms. The van der Waals surface area contributed by atoms with Gasteiger partial charge in [-0.15, -0.1) is 0 Å². The standard InChI is InChI=1S/C10H15.2ClH.Zr/c1-3-4-7-10-8-5-6-9(10)2;;;/h6H,3-5,7H2,1-2H3;2*1H;/q;;;+2/p-2. The molecule has 0 saturated carbocycles. The second-order valence-electron chi connectivity index (χ2n) is 3.15. The van der Waals surface area contributed by atoms with E-state index < -0.39 is 0 Å². The molecule has 1 aliphatic carbocycles. The average Bonchev–Trinajstić information content (AvgIpc) is 2.29. The minimum Gasteiger partial charge on any atom is -1.00 e. The molecule has 0 saturated heterocycles. The molecule has 0 atom stereocenters. The summed E-state index contributed by atoms with van der Waals surface area (Å²) in [6, 6.07) is 0. The van der Waals surface area contributed by atoms with Crippen LogP contribution in [0.4, 0.5) is 0 Å². The third-order valence-electron chi connectivity index (χ3n) is 2.23. The van der Waals surface area contributed by atoms with Crippen LogP contribution in [0.1, 0.15) is 39.5 Å². The Balaban J connectivity index is 0. The van der Waals surface area contributed by atoms with Gasteiger partial charge in [0.15, 0.2) is 0 Å². The van der Waals surface area contributed by atoms with E-state index >= 15 is 0 Å². The first-order valence-corrected chi connectivity index (χ1v) is 5.59. The summed E-state index contributed by atoms with van der Waals surface area (Å²) in [7, 11) is 0. The Morgan fingerprint density at radius 2 is 2.00 bits per heavy atom. The van der Waals surface area contributed by atoms with Gasteiger partial charge in [0, 0.05) is 0 Å². The largest absolute Gasteiger partial charge is 1.00 e. The van der Waals surface area contributed by atoms with Gasteiger partial charge in [0.2, 0.25) is 0 Å². The van der Waals surface area contributed by atoms with Gasteiger partial charge in [-0.2, -0.15) is 0 Å². The maximum Gasteiger partial charge on any atom is -1.00 e. The van der Waals surface area contributed by atoms with Gasteiger partial charge in [0.05, 0.1) is 0 Å². The molecule has 1 aliphatic rings. The van der Waals surface area contributed by atoms with E-state index in [-0.39, 0.29) is 24.8 Å². The van der Waals surface area contributed by atoms with Crippen LogP contribution in [0.5, 0.6) is 0 Å². The molecule has 3 heteroatoms. The molecule has 0 amide bonds. The van der Waals surface area contributed by atoms with Crippen molar-refractivity contribution in [2.75, 3.05) is 0 Å². The first-order valence-electron chi connectivity index (χ1n) is 4.36. The summed E-state index contributed by atoms with van der Waals surface area (Å²) < 4.78 is 1.68.